The monoisotopic (exact) mass is 392 g/mol. The van der Waals surface area contributed by atoms with Crippen molar-refractivity contribution in [3.63, 3.8) is 0 Å². The Morgan fingerprint density at radius 3 is 2.17 bits per heavy atom. The van der Waals surface area contributed by atoms with Crippen LogP contribution in [0.4, 0.5) is 0 Å². The first-order valence-corrected chi connectivity index (χ1v) is 11.7. The van der Waals surface area contributed by atoms with Gasteiger partial charge < -0.3 is 4.57 Å². The quantitative estimate of drug-likeness (QED) is 0.364. The second kappa shape index (κ2) is 6.20. The summed E-state index contributed by atoms with van der Waals surface area (Å²) < 4.78 is 2.59. The van der Waals surface area contributed by atoms with Gasteiger partial charge in [-0.1, -0.05) is 60.7 Å². The Bertz CT molecular complexity index is 1210. The molecule has 0 spiro atoms. The topological polar surface area (TPSA) is 17.8 Å². The van der Waals surface area contributed by atoms with Gasteiger partial charge in [-0.3, -0.25) is 0 Å². The normalized spacial score (nSPS) is 29.8. The number of fused-ring (bicyclic) bond motifs is 3. The molecule has 150 valence electrons. The van der Waals surface area contributed by atoms with Crippen LogP contribution >= 0.6 is 0 Å². The molecule has 0 radical (unpaired) electrons. The molecule has 0 amide bonds. The molecule has 4 bridgehead atoms. The summed E-state index contributed by atoms with van der Waals surface area (Å²) in [5.41, 5.74) is 4.19. The minimum absolute atomic E-state index is 0.484. The molecule has 0 unspecified atom stereocenters. The molecule has 0 aliphatic heterocycles. The Morgan fingerprint density at radius 1 is 0.767 bits per heavy atom. The summed E-state index contributed by atoms with van der Waals surface area (Å²) in [4.78, 5) is 5.27. The zero-order valence-electron chi connectivity index (χ0n) is 17.4. The van der Waals surface area contributed by atoms with E-state index in [1.54, 1.807) is 0 Å². The molecule has 1 aromatic heterocycles. The molecule has 2 heteroatoms. The number of hydrogen-bond acceptors (Lipinski definition) is 1. The van der Waals surface area contributed by atoms with Crippen LogP contribution in [-0.4, -0.2) is 9.55 Å². The lowest BCUT2D eigenvalue weighted by Crippen LogP contribution is -2.47. The van der Waals surface area contributed by atoms with Crippen LogP contribution in [0, 0.1) is 23.2 Å². The highest BCUT2D eigenvalue weighted by Gasteiger charge is 2.51. The molecule has 0 N–H and O–H groups in total. The average Bonchev–Trinajstić information content (AvgIpc) is 3.12. The molecule has 4 fully saturated rings. The van der Waals surface area contributed by atoms with E-state index in [1.807, 2.05) is 0 Å². The van der Waals surface area contributed by atoms with E-state index < -0.39 is 0 Å². The predicted molar refractivity (Wildman–Crippen MR) is 123 cm³/mol. The summed E-state index contributed by atoms with van der Waals surface area (Å²) in [5.74, 6) is 4.09. The van der Waals surface area contributed by atoms with Crippen molar-refractivity contribution in [2.24, 2.45) is 23.2 Å². The van der Waals surface area contributed by atoms with Crippen molar-refractivity contribution in [1.82, 2.24) is 9.55 Å². The third kappa shape index (κ3) is 2.52. The summed E-state index contributed by atoms with van der Waals surface area (Å²) in [5, 5.41) is 2.56. The van der Waals surface area contributed by atoms with Gasteiger partial charge in [0, 0.05) is 17.5 Å². The Balaban J connectivity index is 1.43. The summed E-state index contributed by atoms with van der Waals surface area (Å²) >= 11 is 0. The molecule has 2 nitrogen and oxygen atoms in total. The Hall–Kier alpha value is -2.61. The van der Waals surface area contributed by atoms with Gasteiger partial charge in [-0.05, 0) is 73.1 Å². The molecule has 3 aromatic carbocycles. The van der Waals surface area contributed by atoms with Crippen molar-refractivity contribution in [1.29, 1.82) is 0 Å². The highest BCUT2D eigenvalue weighted by atomic mass is 15.1. The summed E-state index contributed by atoms with van der Waals surface area (Å²) in [6.07, 6.45) is 8.79. The Labute approximate surface area is 177 Å². The van der Waals surface area contributed by atoms with E-state index in [-0.39, 0.29) is 0 Å². The van der Waals surface area contributed by atoms with Gasteiger partial charge in [0.15, 0.2) is 0 Å². The van der Waals surface area contributed by atoms with Crippen LogP contribution in [0.15, 0.2) is 66.7 Å². The van der Waals surface area contributed by atoms with Gasteiger partial charge in [0.05, 0.1) is 11.0 Å². The van der Waals surface area contributed by atoms with Crippen LogP contribution in [0.3, 0.4) is 0 Å². The van der Waals surface area contributed by atoms with E-state index >= 15 is 0 Å². The first-order chi connectivity index (χ1) is 14.8. The van der Waals surface area contributed by atoms with Gasteiger partial charge in [-0.25, -0.2) is 4.98 Å². The summed E-state index contributed by atoms with van der Waals surface area (Å²) in [6, 6.07) is 24.1. The van der Waals surface area contributed by atoms with Crippen molar-refractivity contribution < 1.29 is 0 Å². The average molecular weight is 393 g/mol. The van der Waals surface area contributed by atoms with Crippen LogP contribution in [0.5, 0.6) is 0 Å². The molecular formula is C28H28N2. The van der Waals surface area contributed by atoms with Crippen LogP contribution in [0.25, 0.3) is 33.2 Å². The molecule has 4 aliphatic rings. The molecule has 0 atom stereocenters. The SMILES string of the molecule is c1ccc(-c2nc3c4ccccc4ccc3n2CC23CC4CC(CC(C4)C2)C3)cc1. The highest BCUT2D eigenvalue weighted by molar-refractivity contribution is 6.05. The molecule has 4 aromatic rings. The van der Waals surface area contributed by atoms with E-state index in [9.17, 15) is 0 Å². The standard InChI is InChI=1S/C28H28N2/c1-2-7-23(8-3-1)27-29-26-24-9-5-4-6-22(24)10-11-25(26)30(27)18-28-15-19-12-20(16-28)14-21(13-19)17-28/h1-11,19-21H,12-18H2. The number of imidazole rings is 1. The first kappa shape index (κ1) is 17.1. The minimum Gasteiger partial charge on any atom is -0.323 e. The lowest BCUT2D eigenvalue weighted by molar-refractivity contribution is -0.0611. The molecule has 4 aliphatic carbocycles. The number of nitrogens with zero attached hydrogens (tertiary/aromatic N) is 2. The molecule has 1 heterocycles. The highest BCUT2D eigenvalue weighted by Crippen LogP contribution is 2.61. The van der Waals surface area contributed by atoms with Gasteiger partial charge >= 0.3 is 0 Å². The van der Waals surface area contributed by atoms with Gasteiger partial charge in [0.25, 0.3) is 0 Å². The molecule has 4 saturated carbocycles. The first-order valence-electron chi connectivity index (χ1n) is 11.7. The number of hydrogen-bond donors (Lipinski definition) is 0. The van der Waals surface area contributed by atoms with Crippen molar-refractivity contribution in [3.8, 4) is 11.4 Å². The molecule has 30 heavy (non-hydrogen) atoms. The molecule has 0 saturated heterocycles. The van der Waals surface area contributed by atoms with Crippen LogP contribution in [0.1, 0.15) is 38.5 Å². The lowest BCUT2D eigenvalue weighted by atomic mass is 9.49. The summed E-state index contributed by atoms with van der Waals surface area (Å²) in [6.45, 7) is 1.13. The maximum Gasteiger partial charge on any atom is 0.141 e. The fraction of sp³-hybridized carbons (Fsp3) is 0.393. The largest absolute Gasteiger partial charge is 0.323 e. The van der Waals surface area contributed by atoms with Crippen LogP contribution in [-0.2, 0) is 6.54 Å². The van der Waals surface area contributed by atoms with E-state index in [2.05, 4.69) is 71.3 Å². The van der Waals surface area contributed by atoms with E-state index in [0.717, 1.165) is 35.6 Å². The second-order valence-electron chi connectivity index (χ2n) is 10.5. The Morgan fingerprint density at radius 2 is 1.43 bits per heavy atom. The zero-order valence-corrected chi connectivity index (χ0v) is 17.4. The van der Waals surface area contributed by atoms with Gasteiger partial charge in [0.1, 0.15) is 5.82 Å². The zero-order chi connectivity index (χ0) is 19.7. The predicted octanol–water partition coefficient (Wildman–Crippen LogP) is 7.07. The molecule has 8 rings (SSSR count). The van der Waals surface area contributed by atoms with Gasteiger partial charge in [0.2, 0.25) is 0 Å². The second-order valence-corrected chi connectivity index (χ2v) is 10.5. The van der Waals surface area contributed by atoms with Crippen molar-refractivity contribution >= 4 is 21.8 Å². The smallest absolute Gasteiger partial charge is 0.141 e. The van der Waals surface area contributed by atoms with Crippen LogP contribution in [0.2, 0.25) is 0 Å². The summed E-state index contributed by atoms with van der Waals surface area (Å²) in [7, 11) is 0. The van der Waals surface area contributed by atoms with E-state index in [4.69, 9.17) is 4.98 Å². The van der Waals surface area contributed by atoms with Crippen molar-refractivity contribution in [2.45, 2.75) is 45.1 Å². The third-order valence-electron chi connectivity index (χ3n) is 8.33. The lowest BCUT2D eigenvalue weighted by Gasteiger charge is -2.57. The maximum atomic E-state index is 5.27. The van der Waals surface area contributed by atoms with Gasteiger partial charge in [-0.2, -0.15) is 0 Å². The number of benzene rings is 3. The van der Waals surface area contributed by atoms with Crippen molar-refractivity contribution in [2.75, 3.05) is 0 Å². The van der Waals surface area contributed by atoms with Gasteiger partial charge in [-0.15, -0.1) is 0 Å². The minimum atomic E-state index is 0.484. The van der Waals surface area contributed by atoms with E-state index in [1.165, 1.54) is 60.4 Å². The third-order valence-corrected chi connectivity index (χ3v) is 8.33. The van der Waals surface area contributed by atoms with Crippen LogP contribution < -0.4 is 0 Å². The fourth-order valence-corrected chi connectivity index (χ4v) is 7.65. The van der Waals surface area contributed by atoms with Crippen molar-refractivity contribution in [3.05, 3.63) is 66.7 Å². The fourth-order valence-electron chi connectivity index (χ4n) is 7.65. The number of aromatic nitrogens is 2. The number of rotatable bonds is 3. The van der Waals surface area contributed by atoms with E-state index in [0.29, 0.717) is 5.41 Å². The Kier molecular flexibility index (Phi) is 3.53. The molecular weight excluding hydrogens is 364 g/mol. The maximum absolute atomic E-state index is 5.27.